The van der Waals surface area contributed by atoms with E-state index in [-0.39, 0.29) is 37.5 Å². The highest BCUT2D eigenvalue weighted by Crippen LogP contribution is 2.14. The second kappa shape index (κ2) is 64.8. The Labute approximate surface area is 480 Å². The average molecular weight is 1080 g/mol. The molecule has 0 fully saturated rings. The fraction of sp³-hybridized carbons (Fsp3) is 0.625. The van der Waals surface area contributed by atoms with E-state index >= 15 is 0 Å². The number of hydrogen-bond acceptors (Lipinski definition) is 6. The summed E-state index contributed by atoms with van der Waals surface area (Å²) in [5, 5.41) is 0. The van der Waals surface area contributed by atoms with E-state index in [2.05, 4.69) is 167 Å². The molecule has 0 aliphatic carbocycles. The molecule has 0 bridgehead atoms. The number of esters is 3. The molecule has 0 aromatic carbocycles. The molecule has 0 aliphatic rings. The van der Waals surface area contributed by atoms with Gasteiger partial charge in [0.2, 0.25) is 0 Å². The van der Waals surface area contributed by atoms with Gasteiger partial charge >= 0.3 is 17.9 Å². The third-order valence-electron chi connectivity index (χ3n) is 13.1. The molecule has 0 spiro atoms. The Morgan fingerprint density at radius 3 is 0.795 bits per heavy atom. The summed E-state index contributed by atoms with van der Waals surface area (Å²) < 4.78 is 16.9. The van der Waals surface area contributed by atoms with Crippen molar-refractivity contribution in [3.05, 3.63) is 146 Å². The summed E-state index contributed by atoms with van der Waals surface area (Å²) in [6, 6.07) is 0. The standard InChI is InChI=1S/C72H116O6/c1-4-7-10-13-16-19-22-25-28-31-33-34-35-36-37-38-40-41-44-47-50-53-56-59-62-65-71(74)77-68-69(67-76-70(73)64-61-58-55-52-49-46-43-30-27-24-21-18-15-12-9-6-3)78-72(75)66-63-60-57-54-51-48-45-42-39-32-29-26-23-20-17-14-11-8-5-2/h7-8,10-11,16-17,19-21,24-26,28-30,33-34,36-37,39,42-43,48,51,69H,4-6,9,12-15,18,22-23,27,31-32,35,38,40-41,44-47,49-50,52-68H2,1-3H3/b10-7-,11-8-,19-16-,20-17-,24-21-,28-25-,29-26-,34-33-,37-36-,42-39-,43-30-,51-48-. The van der Waals surface area contributed by atoms with Crippen LogP contribution >= 0.6 is 0 Å². The average Bonchev–Trinajstić information content (AvgIpc) is 3.44. The second-order valence-electron chi connectivity index (χ2n) is 20.5. The highest BCUT2D eigenvalue weighted by molar-refractivity contribution is 5.71. The van der Waals surface area contributed by atoms with Gasteiger partial charge in [-0.05, 0) is 141 Å². The number of rotatable bonds is 56. The van der Waals surface area contributed by atoms with Gasteiger partial charge in [0, 0.05) is 19.3 Å². The molecule has 0 saturated heterocycles. The van der Waals surface area contributed by atoms with E-state index in [4.69, 9.17) is 14.2 Å². The van der Waals surface area contributed by atoms with Crippen LogP contribution in [0.4, 0.5) is 0 Å². The van der Waals surface area contributed by atoms with Crippen LogP contribution in [0.1, 0.15) is 271 Å². The first-order valence-corrected chi connectivity index (χ1v) is 31.8. The largest absolute Gasteiger partial charge is 0.462 e. The van der Waals surface area contributed by atoms with Crippen LogP contribution in [-0.4, -0.2) is 37.2 Å². The summed E-state index contributed by atoms with van der Waals surface area (Å²) in [7, 11) is 0. The van der Waals surface area contributed by atoms with Gasteiger partial charge in [0.1, 0.15) is 13.2 Å². The fourth-order valence-corrected chi connectivity index (χ4v) is 8.35. The van der Waals surface area contributed by atoms with Crippen molar-refractivity contribution in [1.82, 2.24) is 0 Å². The number of carbonyl (C=O) groups excluding carboxylic acids is 3. The smallest absolute Gasteiger partial charge is 0.306 e. The van der Waals surface area contributed by atoms with E-state index in [0.29, 0.717) is 19.3 Å². The SMILES string of the molecule is CC/C=C\C/C=C\C/C=C\C/C=C\C/C=C\CCCCCCCCCCCC(=O)OCC(COC(=O)CCCCCCC/C=C\C/C=C\CCCCCC)OC(=O)CCCCC/C=C\C/C=C\C/C=C\C/C=C\C/C=C\CC. The molecular weight excluding hydrogens is 961 g/mol. The Balaban J connectivity index is 4.47. The fourth-order valence-electron chi connectivity index (χ4n) is 8.35. The Bertz CT molecular complexity index is 1710. The van der Waals surface area contributed by atoms with Crippen LogP contribution in [0.3, 0.4) is 0 Å². The molecule has 6 nitrogen and oxygen atoms in total. The predicted molar refractivity (Wildman–Crippen MR) is 339 cm³/mol. The first-order chi connectivity index (χ1) is 38.5. The summed E-state index contributed by atoms with van der Waals surface area (Å²) in [5.41, 5.74) is 0. The van der Waals surface area contributed by atoms with Crippen molar-refractivity contribution >= 4 is 17.9 Å². The van der Waals surface area contributed by atoms with Crippen molar-refractivity contribution in [2.75, 3.05) is 13.2 Å². The van der Waals surface area contributed by atoms with Gasteiger partial charge in [-0.2, -0.15) is 0 Å². The summed E-state index contributed by atoms with van der Waals surface area (Å²) in [4.78, 5) is 38.3. The molecule has 0 saturated carbocycles. The molecule has 0 radical (unpaired) electrons. The van der Waals surface area contributed by atoms with Gasteiger partial charge in [0.05, 0.1) is 0 Å². The Morgan fingerprint density at radius 1 is 0.269 bits per heavy atom. The molecule has 0 aromatic heterocycles. The van der Waals surface area contributed by atoms with Crippen molar-refractivity contribution in [2.45, 2.75) is 277 Å². The minimum atomic E-state index is -0.812. The molecule has 78 heavy (non-hydrogen) atoms. The molecule has 0 aliphatic heterocycles. The lowest BCUT2D eigenvalue weighted by Gasteiger charge is -2.18. The van der Waals surface area contributed by atoms with E-state index in [1.807, 2.05) is 0 Å². The zero-order valence-electron chi connectivity index (χ0n) is 50.4. The number of ether oxygens (including phenoxy) is 3. The minimum Gasteiger partial charge on any atom is -0.462 e. The van der Waals surface area contributed by atoms with Crippen molar-refractivity contribution in [3.63, 3.8) is 0 Å². The molecule has 1 unspecified atom stereocenters. The lowest BCUT2D eigenvalue weighted by molar-refractivity contribution is -0.167. The molecule has 0 N–H and O–H groups in total. The van der Waals surface area contributed by atoms with Gasteiger partial charge in [0.15, 0.2) is 6.10 Å². The van der Waals surface area contributed by atoms with Crippen LogP contribution in [0.5, 0.6) is 0 Å². The molecule has 0 heterocycles. The highest BCUT2D eigenvalue weighted by Gasteiger charge is 2.19. The van der Waals surface area contributed by atoms with Crippen LogP contribution in [0.2, 0.25) is 0 Å². The van der Waals surface area contributed by atoms with Crippen molar-refractivity contribution in [3.8, 4) is 0 Å². The van der Waals surface area contributed by atoms with E-state index in [1.165, 1.54) is 70.6 Å². The summed E-state index contributed by atoms with van der Waals surface area (Å²) in [6.07, 6.45) is 92.7. The van der Waals surface area contributed by atoms with Crippen LogP contribution in [-0.2, 0) is 28.6 Å². The zero-order valence-corrected chi connectivity index (χ0v) is 50.4. The van der Waals surface area contributed by atoms with Crippen molar-refractivity contribution in [1.29, 1.82) is 0 Å². The maximum atomic E-state index is 12.9. The molecule has 1 atom stereocenters. The van der Waals surface area contributed by atoms with Crippen molar-refractivity contribution < 1.29 is 28.6 Å². The van der Waals surface area contributed by atoms with Gasteiger partial charge in [-0.25, -0.2) is 0 Å². The van der Waals surface area contributed by atoms with Crippen LogP contribution in [0.15, 0.2) is 146 Å². The van der Waals surface area contributed by atoms with Crippen LogP contribution in [0, 0.1) is 0 Å². The third kappa shape index (κ3) is 62.1. The first-order valence-electron chi connectivity index (χ1n) is 31.8. The van der Waals surface area contributed by atoms with Crippen molar-refractivity contribution in [2.24, 2.45) is 0 Å². The molecule has 6 heteroatoms. The Hall–Kier alpha value is -4.71. The van der Waals surface area contributed by atoms with Gasteiger partial charge in [-0.1, -0.05) is 256 Å². The molecule has 440 valence electrons. The van der Waals surface area contributed by atoms with Gasteiger partial charge in [-0.3, -0.25) is 14.4 Å². The summed E-state index contributed by atoms with van der Waals surface area (Å²) in [5.74, 6) is -0.957. The molecule has 0 rings (SSSR count). The van der Waals surface area contributed by atoms with Gasteiger partial charge < -0.3 is 14.2 Å². The predicted octanol–water partition coefficient (Wildman–Crippen LogP) is 21.9. The Kier molecular flexibility index (Phi) is 60.9. The quantitative estimate of drug-likeness (QED) is 0.0261. The van der Waals surface area contributed by atoms with E-state index in [1.54, 1.807) is 0 Å². The maximum Gasteiger partial charge on any atom is 0.306 e. The third-order valence-corrected chi connectivity index (χ3v) is 13.1. The van der Waals surface area contributed by atoms with E-state index < -0.39 is 6.10 Å². The normalized spacial score (nSPS) is 13.1. The van der Waals surface area contributed by atoms with Crippen LogP contribution < -0.4 is 0 Å². The number of allylic oxidation sites excluding steroid dienone is 24. The van der Waals surface area contributed by atoms with Gasteiger partial charge in [-0.15, -0.1) is 0 Å². The monoisotopic (exact) mass is 1080 g/mol. The Morgan fingerprint density at radius 2 is 0.500 bits per heavy atom. The number of unbranched alkanes of at least 4 members (excludes halogenated alkanes) is 21. The number of hydrogen-bond donors (Lipinski definition) is 0. The highest BCUT2D eigenvalue weighted by atomic mass is 16.6. The molecule has 0 amide bonds. The maximum absolute atomic E-state index is 12.9. The number of carbonyl (C=O) groups is 3. The molecule has 0 aromatic rings. The lowest BCUT2D eigenvalue weighted by Crippen LogP contribution is -2.30. The van der Waals surface area contributed by atoms with E-state index in [9.17, 15) is 14.4 Å². The molecular formula is C72H116O6. The first kappa shape index (κ1) is 73.3. The lowest BCUT2D eigenvalue weighted by atomic mass is 10.1. The summed E-state index contributed by atoms with van der Waals surface area (Å²) >= 11 is 0. The summed E-state index contributed by atoms with van der Waals surface area (Å²) in [6.45, 7) is 6.35. The second-order valence-corrected chi connectivity index (χ2v) is 20.5. The zero-order chi connectivity index (χ0) is 56.4. The topological polar surface area (TPSA) is 78.9 Å². The van der Waals surface area contributed by atoms with Gasteiger partial charge in [0.25, 0.3) is 0 Å². The minimum absolute atomic E-state index is 0.104. The van der Waals surface area contributed by atoms with Crippen LogP contribution in [0.25, 0.3) is 0 Å². The van der Waals surface area contributed by atoms with E-state index in [0.717, 1.165) is 154 Å².